The van der Waals surface area contributed by atoms with E-state index in [4.69, 9.17) is 14.2 Å². The van der Waals surface area contributed by atoms with Gasteiger partial charge in [-0.15, -0.1) is 0 Å². The number of hydrogen-bond donors (Lipinski definition) is 1. The summed E-state index contributed by atoms with van der Waals surface area (Å²) in [6, 6.07) is 11.2. The molecular weight excluding hydrogens is 413 g/mol. The number of aromatic nitrogens is 3. The molecule has 1 N–H and O–H groups in total. The van der Waals surface area contributed by atoms with E-state index in [0.29, 0.717) is 5.75 Å². The van der Waals surface area contributed by atoms with Gasteiger partial charge in [0.05, 0.1) is 26.0 Å². The van der Waals surface area contributed by atoms with Crippen molar-refractivity contribution in [1.29, 1.82) is 0 Å². The standard InChI is InChI=1S/C21H19F3N4O3/c1-29-18-8-13(5-6-15(18)17-4-2-3-7-25-17)9-26-20-27-10-16(21(22,23)24)19(28-20)31-14-11-30-12-14/h2-8,10,14H,9,11-12H2,1H3,(H,26,27,28). The first-order chi connectivity index (χ1) is 14.9. The van der Waals surface area contributed by atoms with Gasteiger partial charge in [0.1, 0.15) is 17.4 Å². The summed E-state index contributed by atoms with van der Waals surface area (Å²) in [5, 5.41) is 2.93. The first-order valence-corrected chi connectivity index (χ1v) is 9.45. The van der Waals surface area contributed by atoms with E-state index in [2.05, 4.69) is 20.3 Å². The van der Waals surface area contributed by atoms with Gasteiger partial charge in [-0.3, -0.25) is 4.98 Å². The van der Waals surface area contributed by atoms with Gasteiger partial charge in [0, 0.05) is 24.5 Å². The summed E-state index contributed by atoms with van der Waals surface area (Å²) in [5.41, 5.74) is 1.41. The number of nitrogens with zero attached hydrogens (tertiary/aromatic N) is 3. The Labute approximate surface area is 176 Å². The maximum absolute atomic E-state index is 13.2. The van der Waals surface area contributed by atoms with Crippen molar-refractivity contribution >= 4 is 5.95 Å². The van der Waals surface area contributed by atoms with Gasteiger partial charge in [-0.05, 0) is 29.8 Å². The Kier molecular flexibility index (Phi) is 5.90. The quantitative estimate of drug-likeness (QED) is 0.606. The lowest BCUT2D eigenvalue weighted by atomic mass is 10.1. The fraction of sp³-hybridized carbons (Fsp3) is 0.286. The van der Waals surface area contributed by atoms with Gasteiger partial charge in [-0.25, -0.2) is 4.98 Å². The molecule has 3 heterocycles. The summed E-state index contributed by atoms with van der Waals surface area (Å²) in [4.78, 5) is 12.0. The van der Waals surface area contributed by atoms with Gasteiger partial charge in [0.2, 0.25) is 11.8 Å². The molecule has 0 unspecified atom stereocenters. The Hall–Kier alpha value is -3.40. The van der Waals surface area contributed by atoms with Gasteiger partial charge < -0.3 is 19.5 Å². The van der Waals surface area contributed by atoms with Crippen molar-refractivity contribution in [3.8, 4) is 22.9 Å². The van der Waals surface area contributed by atoms with Crippen LogP contribution in [0.1, 0.15) is 11.1 Å². The zero-order valence-corrected chi connectivity index (χ0v) is 16.5. The molecule has 1 saturated heterocycles. The summed E-state index contributed by atoms with van der Waals surface area (Å²) in [5.74, 6) is 0.137. The van der Waals surface area contributed by atoms with Gasteiger partial charge in [0.25, 0.3) is 0 Å². The van der Waals surface area contributed by atoms with Crippen molar-refractivity contribution in [2.45, 2.75) is 18.8 Å². The molecule has 0 amide bonds. The summed E-state index contributed by atoms with van der Waals surface area (Å²) < 4.78 is 55.5. The number of pyridine rings is 1. The molecule has 1 aromatic carbocycles. The van der Waals surface area contributed by atoms with Crippen molar-refractivity contribution in [2.24, 2.45) is 0 Å². The third kappa shape index (κ3) is 4.85. The normalized spacial score (nSPS) is 14.1. The number of nitrogens with one attached hydrogen (secondary N) is 1. The van der Waals surface area contributed by atoms with Crippen molar-refractivity contribution in [3.05, 3.63) is 59.9 Å². The smallest absolute Gasteiger partial charge is 0.423 e. The summed E-state index contributed by atoms with van der Waals surface area (Å²) >= 11 is 0. The van der Waals surface area contributed by atoms with Crippen LogP contribution in [-0.2, 0) is 17.5 Å². The molecule has 0 spiro atoms. The summed E-state index contributed by atoms with van der Waals surface area (Å²) in [6.45, 7) is 0.731. The first kappa shape index (κ1) is 20.9. The number of anilines is 1. The van der Waals surface area contributed by atoms with Gasteiger partial charge >= 0.3 is 6.18 Å². The third-order valence-electron chi connectivity index (χ3n) is 4.60. The van der Waals surface area contributed by atoms with Gasteiger partial charge in [0.15, 0.2) is 0 Å². The second kappa shape index (κ2) is 8.76. The molecule has 7 nitrogen and oxygen atoms in total. The molecule has 3 aromatic rings. The lowest BCUT2D eigenvalue weighted by molar-refractivity contribution is -0.142. The number of benzene rings is 1. The van der Waals surface area contributed by atoms with Crippen LogP contribution in [0.2, 0.25) is 0 Å². The zero-order chi connectivity index (χ0) is 21.8. The number of alkyl halides is 3. The highest BCUT2D eigenvalue weighted by molar-refractivity contribution is 5.67. The van der Waals surface area contributed by atoms with Crippen LogP contribution in [0, 0.1) is 0 Å². The molecule has 0 radical (unpaired) electrons. The number of ether oxygens (including phenoxy) is 3. The van der Waals surface area contributed by atoms with E-state index in [9.17, 15) is 13.2 Å². The minimum atomic E-state index is -4.62. The maximum Gasteiger partial charge on any atom is 0.423 e. The largest absolute Gasteiger partial charge is 0.496 e. The predicted octanol–water partition coefficient (Wildman–Crippen LogP) is 3.96. The fourth-order valence-corrected chi connectivity index (χ4v) is 2.94. The van der Waals surface area contributed by atoms with Crippen LogP contribution in [0.25, 0.3) is 11.3 Å². The first-order valence-electron chi connectivity index (χ1n) is 9.45. The van der Waals surface area contributed by atoms with E-state index in [-0.39, 0.29) is 25.7 Å². The SMILES string of the molecule is COc1cc(CNc2ncc(C(F)(F)F)c(OC3COC3)n2)ccc1-c1ccccn1. The molecular formula is C21H19F3N4O3. The second-order valence-corrected chi connectivity index (χ2v) is 6.79. The number of methoxy groups -OCH3 is 1. The molecule has 0 saturated carbocycles. The van der Waals surface area contributed by atoms with Crippen LogP contribution in [0.15, 0.2) is 48.8 Å². The number of rotatable bonds is 7. The number of halogens is 3. The lowest BCUT2D eigenvalue weighted by Crippen LogP contribution is -2.39. The molecule has 0 aliphatic carbocycles. The van der Waals surface area contributed by atoms with Crippen molar-refractivity contribution in [2.75, 3.05) is 25.6 Å². The summed E-state index contributed by atoms with van der Waals surface area (Å²) in [7, 11) is 1.56. The van der Waals surface area contributed by atoms with E-state index in [0.717, 1.165) is 23.0 Å². The van der Waals surface area contributed by atoms with E-state index >= 15 is 0 Å². The zero-order valence-electron chi connectivity index (χ0n) is 16.5. The minimum absolute atomic E-state index is 0.0241. The van der Waals surface area contributed by atoms with Gasteiger partial charge in [-0.2, -0.15) is 18.2 Å². The van der Waals surface area contributed by atoms with E-state index in [1.807, 2.05) is 36.4 Å². The topological polar surface area (TPSA) is 78.4 Å². The Morgan fingerprint density at radius 1 is 1.16 bits per heavy atom. The Balaban J connectivity index is 1.51. The van der Waals surface area contributed by atoms with E-state index in [1.54, 1.807) is 13.3 Å². The fourth-order valence-electron chi connectivity index (χ4n) is 2.94. The highest BCUT2D eigenvalue weighted by Gasteiger charge is 2.37. The van der Waals surface area contributed by atoms with E-state index < -0.39 is 23.7 Å². The van der Waals surface area contributed by atoms with Crippen molar-refractivity contribution < 1.29 is 27.4 Å². The van der Waals surface area contributed by atoms with Crippen LogP contribution in [-0.4, -0.2) is 41.4 Å². The van der Waals surface area contributed by atoms with Gasteiger partial charge in [-0.1, -0.05) is 12.1 Å². The molecule has 162 valence electrons. The molecule has 1 aliphatic heterocycles. The van der Waals surface area contributed by atoms with Crippen molar-refractivity contribution in [3.63, 3.8) is 0 Å². The maximum atomic E-state index is 13.2. The number of hydrogen-bond acceptors (Lipinski definition) is 7. The third-order valence-corrected chi connectivity index (χ3v) is 4.60. The van der Waals surface area contributed by atoms with Crippen LogP contribution in [0.5, 0.6) is 11.6 Å². The summed E-state index contributed by atoms with van der Waals surface area (Å²) in [6.07, 6.45) is -2.66. The minimum Gasteiger partial charge on any atom is -0.496 e. The molecule has 31 heavy (non-hydrogen) atoms. The Morgan fingerprint density at radius 3 is 2.65 bits per heavy atom. The lowest BCUT2D eigenvalue weighted by Gasteiger charge is -2.27. The monoisotopic (exact) mass is 432 g/mol. The van der Waals surface area contributed by atoms with Crippen LogP contribution >= 0.6 is 0 Å². The molecule has 10 heteroatoms. The van der Waals surface area contributed by atoms with Crippen LogP contribution < -0.4 is 14.8 Å². The van der Waals surface area contributed by atoms with Crippen molar-refractivity contribution in [1.82, 2.24) is 15.0 Å². The molecule has 0 atom stereocenters. The molecule has 0 bridgehead atoms. The Bertz CT molecular complexity index is 1040. The molecule has 1 aliphatic rings. The average Bonchev–Trinajstić information content (AvgIpc) is 2.74. The van der Waals surface area contributed by atoms with Crippen LogP contribution in [0.4, 0.5) is 19.1 Å². The second-order valence-electron chi connectivity index (χ2n) is 6.79. The molecule has 2 aromatic heterocycles. The predicted molar refractivity (Wildman–Crippen MR) is 106 cm³/mol. The van der Waals surface area contributed by atoms with Crippen LogP contribution in [0.3, 0.4) is 0 Å². The van der Waals surface area contributed by atoms with E-state index in [1.165, 1.54) is 0 Å². The Morgan fingerprint density at radius 2 is 2.00 bits per heavy atom. The highest BCUT2D eigenvalue weighted by atomic mass is 19.4. The molecule has 1 fully saturated rings. The average molecular weight is 432 g/mol. The highest BCUT2D eigenvalue weighted by Crippen LogP contribution is 2.36. The molecule has 4 rings (SSSR count).